The van der Waals surface area contributed by atoms with Crippen molar-refractivity contribution in [3.05, 3.63) is 0 Å². The number of aliphatic hydroxyl groups is 1. The van der Waals surface area contributed by atoms with Crippen LogP contribution in [0.5, 0.6) is 0 Å². The summed E-state index contributed by atoms with van der Waals surface area (Å²) in [5.41, 5.74) is 6.39. The summed E-state index contributed by atoms with van der Waals surface area (Å²) >= 11 is 0. The zero-order valence-corrected chi connectivity index (χ0v) is 12.5. The number of aliphatic hydroxyl groups excluding tert-OH is 1. The van der Waals surface area contributed by atoms with Crippen LogP contribution < -0.4 is 5.73 Å². The Bertz CT molecular complexity index is 277. The second-order valence-corrected chi connectivity index (χ2v) is 6.83. The molecule has 0 radical (unpaired) electrons. The third-order valence-electron chi connectivity index (χ3n) is 4.93. The van der Waals surface area contributed by atoms with Gasteiger partial charge >= 0.3 is 0 Å². The fourth-order valence-corrected chi connectivity index (χ4v) is 3.65. The van der Waals surface area contributed by atoms with Crippen LogP contribution in [-0.2, 0) is 4.74 Å². The Balaban J connectivity index is 1.94. The molecule has 2 atom stereocenters. The molecule has 2 aliphatic rings. The lowest BCUT2D eigenvalue weighted by Gasteiger charge is -2.45. The quantitative estimate of drug-likeness (QED) is 0.806. The van der Waals surface area contributed by atoms with Gasteiger partial charge < -0.3 is 15.6 Å². The Kier molecular flexibility index (Phi) is 5.23. The Morgan fingerprint density at radius 3 is 2.53 bits per heavy atom. The molecule has 2 fully saturated rings. The first-order valence-corrected chi connectivity index (χ1v) is 7.75. The van der Waals surface area contributed by atoms with Crippen LogP contribution in [0.25, 0.3) is 0 Å². The van der Waals surface area contributed by atoms with Gasteiger partial charge in [-0.1, -0.05) is 19.8 Å². The van der Waals surface area contributed by atoms with E-state index in [1.54, 1.807) is 0 Å². The molecule has 0 aromatic heterocycles. The van der Waals surface area contributed by atoms with Crippen molar-refractivity contribution in [2.75, 3.05) is 32.8 Å². The minimum absolute atomic E-state index is 0.0268. The molecule has 1 saturated heterocycles. The summed E-state index contributed by atoms with van der Waals surface area (Å²) in [6.45, 7) is 8.22. The Hall–Kier alpha value is -0.160. The number of nitrogens with two attached hydrogens (primary N) is 1. The molecule has 2 rings (SSSR count). The van der Waals surface area contributed by atoms with E-state index in [4.69, 9.17) is 10.5 Å². The van der Waals surface area contributed by atoms with E-state index in [2.05, 4.69) is 18.7 Å². The topological polar surface area (TPSA) is 58.7 Å². The van der Waals surface area contributed by atoms with Gasteiger partial charge in [-0.2, -0.15) is 0 Å². The standard InChI is InChI=1S/C15H30N2O2/c1-12-3-5-15(10-16,6-4-12)11-17-7-13(2)19-14(8-17)9-18/h12-14,18H,3-11,16H2,1-2H3. The molecule has 2 unspecified atom stereocenters. The maximum Gasteiger partial charge on any atom is 0.0936 e. The van der Waals surface area contributed by atoms with Crippen molar-refractivity contribution in [3.8, 4) is 0 Å². The zero-order chi connectivity index (χ0) is 13.9. The van der Waals surface area contributed by atoms with E-state index >= 15 is 0 Å². The second kappa shape index (κ2) is 6.53. The van der Waals surface area contributed by atoms with Crippen molar-refractivity contribution in [2.45, 2.75) is 51.7 Å². The van der Waals surface area contributed by atoms with Crippen LogP contribution in [0.2, 0.25) is 0 Å². The van der Waals surface area contributed by atoms with E-state index < -0.39 is 0 Å². The summed E-state index contributed by atoms with van der Waals surface area (Å²) in [5, 5.41) is 9.31. The van der Waals surface area contributed by atoms with Gasteiger partial charge in [0.2, 0.25) is 0 Å². The van der Waals surface area contributed by atoms with Gasteiger partial charge in [-0.05, 0) is 37.6 Å². The average molecular weight is 270 g/mol. The molecule has 4 heteroatoms. The summed E-state index contributed by atoms with van der Waals surface area (Å²) in [7, 11) is 0. The lowest BCUT2D eigenvalue weighted by molar-refractivity contribution is -0.105. The molecule has 112 valence electrons. The largest absolute Gasteiger partial charge is 0.394 e. The Morgan fingerprint density at radius 2 is 1.95 bits per heavy atom. The van der Waals surface area contributed by atoms with Gasteiger partial charge in [0, 0.05) is 19.6 Å². The van der Waals surface area contributed by atoms with Gasteiger partial charge in [-0.25, -0.2) is 0 Å². The molecule has 0 amide bonds. The highest BCUT2D eigenvalue weighted by Gasteiger charge is 2.36. The third kappa shape index (κ3) is 3.91. The zero-order valence-electron chi connectivity index (χ0n) is 12.5. The molecule has 0 bridgehead atoms. The molecule has 1 aliphatic heterocycles. The minimum atomic E-state index is -0.0268. The monoisotopic (exact) mass is 270 g/mol. The lowest BCUT2D eigenvalue weighted by Crippen LogP contribution is -2.53. The predicted octanol–water partition coefficient (Wildman–Crippen LogP) is 1.22. The van der Waals surface area contributed by atoms with Crippen molar-refractivity contribution < 1.29 is 9.84 Å². The van der Waals surface area contributed by atoms with Crippen LogP contribution in [-0.4, -0.2) is 55.0 Å². The number of morpholine rings is 1. The van der Waals surface area contributed by atoms with Crippen molar-refractivity contribution in [1.82, 2.24) is 4.90 Å². The highest BCUT2D eigenvalue weighted by atomic mass is 16.5. The van der Waals surface area contributed by atoms with Crippen LogP contribution >= 0.6 is 0 Å². The summed E-state index contributed by atoms with van der Waals surface area (Å²) in [6.07, 6.45) is 5.30. The highest BCUT2D eigenvalue weighted by Crippen LogP contribution is 2.39. The second-order valence-electron chi connectivity index (χ2n) is 6.83. The molecule has 0 aromatic rings. The Labute approximate surface area is 117 Å². The SMILES string of the molecule is CC1CCC(CN)(CN2CC(C)OC(CO)C2)CC1. The number of hydrogen-bond acceptors (Lipinski definition) is 4. The molecular formula is C15H30N2O2. The van der Waals surface area contributed by atoms with Crippen LogP contribution in [0.3, 0.4) is 0 Å². The van der Waals surface area contributed by atoms with E-state index in [9.17, 15) is 5.11 Å². The average Bonchev–Trinajstić information content (AvgIpc) is 2.41. The van der Waals surface area contributed by atoms with Gasteiger partial charge in [-0.15, -0.1) is 0 Å². The smallest absolute Gasteiger partial charge is 0.0936 e. The summed E-state index contributed by atoms with van der Waals surface area (Å²) in [5.74, 6) is 0.855. The molecule has 3 N–H and O–H groups in total. The van der Waals surface area contributed by atoms with Crippen molar-refractivity contribution in [2.24, 2.45) is 17.1 Å². The van der Waals surface area contributed by atoms with Gasteiger partial charge in [0.1, 0.15) is 0 Å². The summed E-state index contributed by atoms with van der Waals surface area (Å²) < 4.78 is 5.72. The third-order valence-corrected chi connectivity index (χ3v) is 4.93. The van der Waals surface area contributed by atoms with E-state index in [0.717, 1.165) is 32.1 Å². The minimum Gasteiger partial charge on any atom is -0.394 e. The van der Waals surface area contributed by atoms with Gasteiger partial charge in [0.25, 0.3) is 0 Å². The Morgan fingerprint density at radius 1 is 1.26 bits per heavy atom. The molecule has 19 heavy (non-hydrogen) atoms. The molecule has 0 aromatic carbocycles. The highest BCUT2D eigenvalue weighted by molar-refractivity contribution is 4.90. The number of hydrogen-bond donors (Lipinski definition) is 2. The van der Waals surface area contributed by atoms with Crippen LogP contribution in [0, 0.1) is 11.3 Å². The fourth-order valence-electron chi connectivity index (χ4n) is 3.65. The first-order valence-electron chi connectivity index (χ1n) is 7.75. The van der Waals surface area contributed by atoms with Crippen LogP contribution in [0.4, 0.5) is 0 Å². The van der Waals surface area contributed by atoms with E-state index in [1.807, 2.05) is 0 Å². The van der Waals surface area contributed by atoms with E-state index in [1.165, 1.54) is 25.7 Å². The van der Waals surface area contributed by atoms with Crippen molar-refractivity contribution in [1.29, 1.82) is 0 Å². The van der Waals surface area contributed by atoms with Crippen molar-refractivity contribution >= 4 is 0 Å². The van der Waals surface area contributed by atoms with Gasteiger partial charge in [0.15, 0.2) is 0 Å². The molecule has 1 aliphatic carbocycles. The summed E-state index contributed by atoms with van der Waals surface area (Å²) in [6, 6.07) is 0. The van der Waals surface area contributed by atoms with Gasteiger partial charge in [-0.3, -0.25) is 4.90 Å². The normalized spacial score (nSPS) is 41.4. The van der Waals surface area contributed by atoms with E-state index in [-0.39, 0.29) is 18.8 Å². The van der Waals surface area contributed by atoms with Crippen LogP contribution in [0.1, 0.15) is 39.5 Å². The maximum atomic E-state index is 9.31. The van der Waals surface area contributed by atoms with Crippen molar-refractivity contribution in [3.63, 3.8) is 0 Å². The number of nitrogens with zero attached hydrogens (tertiary/aromatic N) is 1. The molecular weight excluding hydrogens is 240 g/mol. The van der Waals surface area contributed by atoms with E-state index in [0.29, 0.717) is 5.41 Å². The first kappa shape index (κ1) is 15.2. The first-order chi connectivity index (χ1) is 9.07. The molecule has 1 heterocycles. The van der Waals surface area contributed by atoms with Crippen LogP contribution in [0.15, 0.2) is 0 Å². The lowest BCUT2D eigenvalue weighted by atomic mass is 9.70. The number of ether oxygens (including phenoxy) is 1. The maximum absolute atomic E-state index is 9.31. The summed E-state index contributed by atoms with van der Waals surface area (Å²) in [4.78, 5) is 2.46. The van der Waals surface area contributed by atoms with Gasteiger partial charge in [0.05, 0.1) is 18.8 Å². The molecule has 4 nitrogen and oxygen atoms in total. The fraction of sp³-hybridized carbons (Fsp3) is 1.00. The molecule has 0 spiro atoms. The number of rotatable bonds is 4. The molecule has 1 saturated carbocycles. The predicted molar refractivity (Wildman–Crippen MR) is 77.0 cm³/mol.